The SMILES string of the molecule is Clc1ccc(CSc2nnc(-c3ccc4c(c3)OCO4)n2-c2ccccc2)c(Cl)c1. The molecule has 0 unspecified atom stereocenters. The predicted octanol–water partition coefficient (Wildman–Crippen LogP) is 6.26. The van der Waals surface area contributed by atoms with Crippen LogP contribution in [-0.2, 0) is 5.75 Å². The van der Waals surface area contributed by atoms with Crippen molar-refractivity contribution in [1.82, 2.24) is 14.8 Å². The van der Waals surface area contributed by atoms with Gasteiger partial charge < -0.3 is 9.47 Å². The van der Waals surface area contributed by atoms with Crippen molar-refractivity contribution in [2.45, 2.75) is 10.9 Å². The van der Waals surface area contributed by atoms with E-state index in [2.05, 4.69) is 10.2 Å². The Bertz CT molecular complexity index is 1210. The third kappa shape index (κ3) is 3.74. The lowest BCUT2D eigenvalue weighted by molar-refractivity contribution is 0.174. The minimum Gasteiger partial charge on any atom is -0.454 e. The summed E-state index contributed by atoms with van der Waals surface area (Å²) in [7, 11) is 0. The van der Waals surface area contributed by atoms with Crippen LogP contribution in [0.25, 0.3) is 17.1 Å². The number of ether oxygens (including phenoxy) is 2. The van der Waals surface area contributed by atoms with Gasteiger partial charge in [0, 0.05) is 27.0 Å². The molecule has 150 valence electrons. The van der Waals surface area contributed by atoms with Gasteiger partial charge in [-0.05, 0) is 48.0 Å². The molecule has 1 aliphatic rings. The van der Waals surface area contributed by atoms with Crippen molar-refractivity contribution in [3.05, 3.63) is 82.3 Å². The molecule has 0 aliphatic carbocycles. The van der Waals surface area contributed by atoms with Gasteiger partial charge in [-0.1, -0.05) is 59.2 Å². The van der Waals surface area contributed by atoms with E-state index in [0.717, 1.165) is 33.5 Å². The molecular weight excluding hydrogens is 441 g/mol. The first-order chi connectivity index (χ1) is 14.7. The van der Waals surface area contributed by atoms with Gasteiger partial charge in [0.05, 0.1) is 0 Å². The molecule has 0 spiro atoms. The lowest BCUT2D eigenvalue weighted by atomic mass is 10.2. The molecule has 8 heteroatoms. The van der Waals surface area contributed by atoms with Crippen LogP contribution in [0.1, 0.15) is 5.56 Å². The summed E-state index contributed by atoms with van der Waals surface area (Å²) in [5, 5.41) is 11.0. The van der Waals surface area contributed by atoms with E-state index < -0.39 is 0 Å². The third-order valence-corrected chi connectivity index (χ3v) is 6.22. The Morgan fingerprint density at radius 3 is 2.57 bits per heavy atom. The van der Waals surface area contributed by atoms with E-state index in [1.807, 2.05) is 65.2 Å². The molecule has 2 heterocycles. The second kappa shape index (κ2) is 8.22. The summed E-state index contributed by atoms with van der Waals surface area (Å²) in [5.74, 6) is 2.81. The maximum absolute atomic E-state index is 6.34. The van der Waals surface area contributed by atoms with Gasteiger partial charge in [-0.3, -0.25) is 4.57 Å². The average molecular weight is 456 g/mol. The molecule has 0 N–H and O–H groups in total. The Hall–Kier alpha value is -2.67. The van der Waals surface area contributed by atoms with Gasteiger partial charge in [0.1, 0.15) is 0 Å². The number of thioether (sulfide) groups is 1. The Balaban J connectivity index is 1.53. The molecule has 1 aromatic heterocycles. The number of nitrogens with zero attached hydrogens (tertiary/aromatic N) is 3. The maximum Gasteiger partial charge on any atom is 0.231 e. The molecule has 0 saturated carbocycles. The van der Waals surface area contributed by atoms with Crippen molar-refractivity contribution >= 4 is 35.0 Å². The zero-order chi connectivity index (χ0) is 20.5. The Labute approximate surface area is 187 Å². The fourth-order valence-corrected chi connectivity index (χ4v) is 4.69. The highest BCUT2D eigenvalue weighted by Gasteiger charge is 2.20. The van der Waals surface area contributed by atoms with Crippen LogP contribution in [0.15, 0.2) is 71.9 Å². The van der Waals surface area contributed by atoms with Crippen LogP contribution in [0.2, 0.25) is 10.0 Å². The van der Waals surface area contributed by atoms with Crippen LogP contribution in [0.5, 0.6) is 11.5 Å². The van der Waals surface area contributed by atoms with Gasteiger partial charge in [0.2, 0.25) is 6.79 Å². The fourth-order valence-electron chi connectivity index (χ4n) is 3.18. The molecule has 5 rings (SSSR count). The van der Waals surface area contributed by atoms with Crippen molar-refractivity contribution in [1.29, 1.82) is 0 Å². The van der Waals surface area contributed by atoms with E-state index in [0.29, 0.717) is 21.5 Å². The molecule has 4 aromatic rings. The highest BCUT2D eigenvalue weighted by molar-refractivity contribution is 7.98. The summed E-state index contributed by atoms with van der Waals surface area (Å²) >= 11 is 13.9. The second-order valence-electron chi connectivity index (χ2n) is 6.57. The minimum absolute atomic E-state index is 0.229. The summed E-state index contributed by atoms with van der Waals surface area (Å²) in [6.07, 6.45) is 0. The zero-order valence-corrected chi connectivity index (χ0v) is 17.9. The van der Waals surface area contributed by atoms with Gasteiger partial charge in [-0.15, -0.1) is 10.2 Å². The van der Waals surface area contributed by atoms with Crippen LogP contribution >= 0.6 is 35.0 Å². The predicted molar refractivity (Wildman–Crippen MR) is 119 cm³/mol. The Morgan fingerprint density at radius 2 is 1.73 bits per heavy atom. The van der Waals surface area contributed by atoms with Crippen LogP contribution in [0, 0.1) is 0 Å². The Morgan fingerprint density at radius 1 is 0.900 bits per heavy atom. The van der Waals surface area contributed by atoms with Gasteiger partial charge >= 0.3 is 0 Å². The number of hydrogen-bond acceptors (Lipinski definition) is 5. The van der Waals surface area contributed by atoms with Crippen LogP contribution < -0.4 is 9.47 Å². The molecule has 0 bridgehead atoms. The van der Waals surface area contributed by atoms with Gasteiger partial charge in [-0.25, -0.2) is 0 Å². The van der Waals surface area contributed by atoms with E-state index in [-0.39, 0.29) is 6.79 Å². The molecule has 30 heavy (non-hydrogen) atoms. The molecule has 0 atom stereocenters. The van der Waals surface area contributed by atoms with Crippen molar-refractivity contribution in [2.24, 2.45) is 0 Å². The summed E-state index contributed by atoms with van der Waals surface area (Å²) in [6, 6.07) is 21.3. The van der Waals surface area contributed by atoms with E-state index in [1.165, 1.54) is 0 Å². The number of aromatic nitrogens is 3. The van der Waals surface area contributed by atoms with E-state index in [4.69, 9.17) is 32.7 Å². The normalized spacial score (nSPS) is 12.3. The van der Waals surface area contributed by atoms with Gasteiger partial charge in [0.15, 0.2) is 22.5 Å². The topological polar surface area (TPSA) is 49.2 Å². The van der Waals surface area contributed by atoms with Crippen molar-refractivity contribution in [2.75, 3.05) is 6.79 Å². The number of benzene rings is 3. The molecule has 0 amide bonds. The van der Waals surface area contributed by atoms with Crippen molar-refractivity contribution in [3.63, 3.8) is 0 Å². The fraction of sp³-hybridized carbons (Fsp3) is 0.0909. The largest absolute Gasteiger partial charge is 0.454 e. The third-order valence-electron chi connectivity index (χ3n) is 4.65. The first-order valence-corrected chi connectivity index (χ1v) is 10.9. The van der Waals surface area contributed by atoms with Crippen molar-refractivity contribution < 1.29 is 9.47 Å². The zero-order valence-electron chi connectivity index (χ0n) is 15.6. The highest BCUT2D eigenvalue weighted by Crippen LogP contribution is 2.37. The standard InChI is InChI=1S/C22H15Cl2N3O2S/c23-16-8-6-15(18(24)11-16)12-30-22-26-25-21(27(22)17-4-2-1-3-5-17)14-7-9-19-20(10-14)29-13-28-19/h1-11H,12-13H2. The summed E-state index contributed by atoms with van der Waals surface area (Å²) in [4.78, 5) is 0. The van der Waals surface area contributed by atoms with E-state index in [1.54, 1.807) is 17.8 Å². The lowest BCUT2D eigenvalue weighted by Crippen LogP contribution is -1.99. The highest BCUT2D eigenvalue weighted by atomic mass is 35.5. The number of hydrogen-bond donors (Lipinski definition) is 0. The van der Waals surface area contributed by atoms with E-state index in [9.17, 15) is 0 Å². The molecule has 0 fully saturated rings. The van der Waals surface area contributed by atoms with E-state index >= 15 is 0 Å². The van der Waals surface area contributed by atoms with Crippen LogP contribution in [0.3, 0.4) is 0 Å². The number of rotatable bonds is 5. The maximum atomic E-state index is 6.34. The minimum atomic E-state index is 0.229. The quantitative estimate of drug-likeness (QED) is 0.332. The molecular formula is C22H15Cl2N3O2S. The van der Waals surface area contributed by atoms with Crippen LogP contribution in [-0.4, -0.2) is 21.6 Å². The first kappa shape index (κ1) is 19.3. The monoisotopic (exact) mass is 455 g/mol. The Kier molecular flexibility index (Phi) is 5.29. The molecule has 3 aromatic carbocycles. The van der Waals surface area contributed by atoms with Crippen LogP contribution in [0.4, 0.5) is 0 Å². The van der Waals surface area contributed by atoms with Gasteiger partial charge in [-0.2, -0.15) is 0 Å². The smallest absolute Gasteiger partial charge is 0.231 e. The molecule has 5 nitrogen and oxygen atoms in total. The van der Waals surface area contributed by atoms with Crippen molar-refractivity contribution in [3.8, 4) is 28.6 Å². The van der Waals surface area contributed by atoms with Gasteiger partial charge in [0.25, 0.3) is 0 Å². The lowest BCUT2D eigenvalue weighted by Gasteiger charge is -2.11. The molecule has 0 radical (unpaired) electrons. The second-order valence-corrected chi connectivity index (χ2v) is 8.36. The summed E-state index contributed by atoms with van der Waals surface area (Å²) < 4.78 is 13.0. The summed E-state index contributed by atoms with van der Waals surface area (Å²) in [5.41, 5.74) is 2.85. The number of para-hydroxylation sites is 1. The number of halogens is 2. The molecule has 0 saturated heterocycles. The molecule has 1 aliphatic heterocycles. The average Bonchev–Trinajstić information content (AvgIpc) is 3.40. The summed E-state index contributed by atoms with van der Waals surface area (Å²) in [6.45, 7) is 0.229. The first-order valence-electron chi connectivity index (χ1n) is 9.16. The number of fused-ring (bicyclic) bond motifs is 1.